The van der Waals surface area contributed by atoms with Gasteiger partial charge >= 0.3 is 0 Å². The van der Waals surface area contributed by atoms with E-state index in [1.165, 1.54) is 23.3 Å². The van der Waals surface area contributed by atoms with Gasteiger partial charge in [-0.25, -0.2) is 13.4 Å². The molecule has 1 aliphatic carbocycles. The van der Waals surface area contributed by atoms with Gasteiger partial charge in [-0.2, -0.15) is 0 Å². The van der Waals surface area contributed by atoms with Crippen LogP contribution in [0.25, 0.3) is 0 Å². The van der Waals surface area contributed by atoms with Crippen LogP contribution in [-0.2, 0) is 10.0 Å². The summed E-state index contributed by atoms with van der Waals surface area (Å²) in [4.78, 5) is 4.49. The summed E-state index contributed by atoms with van der Waals surface area (Å²) < 4.78 is 27.2. The minimum Gasteiger partial charge on any atom is -0.367 e. The zero-order chi connectivity index (χ0) is 17.2. The highest BCUT2D eigenvalue weighted by Gasteiger charge is 2.28. The van der Waals surface area contributed by atoms with E-state index in [0.29, 0.717) is 24.2 Å². The highest BCUT2D eigenvalue weighted by atomic mass is 32.2. The molecule has 1 aromatic heterocycles. The van der Waals surface area contributed by atoms with Crippen LogP contribution in [0.5, 0.6) is 0 Å². The first-order valence-electron chi connectivity index (χ1n) is 8.32. The van der Waals surface area contributed by atoms with Gasteiger partial charge < -0.3 is 5.32 Å². The van der Waals surface area contributed by atoms with E-state index in [-0.39, 0.29) is 4.90 Å². The summed E-state index contributed by atoms with van der Waals surface area (Å²) in [5, 5.41) is 3.34. The number of sulfonamides is 1. The molecule has 0 spiro atoms. The summed E-state index contributed by atoms with van der Waals surface area (Å²) in [5.41, 5.74) is 0.657. The van der Waals surface area contributed by atoms with E-state index in [4.69, 9.17) is 0 Å². The molecule has 24 heavy (non-hydrogen) atoms. The lowest BCUT2D eigenvalue weighted by molar-refractivity contribution is 0.591. The number of pyridine rings is 1. The van der Waals surface area contributed by atoms with Crippen LogP contribution < -0.4 is 9.62 Å². The zero-order valence-electron chi connectivity index (χ0n) is 14.0. The highest BCUT2D eigenvalue weighted by Crippen LogP contribution is 2.33. The second kappa shape index (κ2) is 6.81. The van der Waals surface area contributed by atoms with Crippen molar-refractivity contribution in [2.24, 2.45) is 5.92 Å². The monoisotopic (exact) mass is 345 g/mol. The van der Waals surface area contributed by atoms with E-state index in [9.17, 15) is 8.42 Å². The van der Waals surface area contributed by atoms with Crippen molar-refractivity contribution in [2.75, 3.05) is 16.2 Å². The minimum atomic E-state index is -3.61. The van der Waals surface area contributed by atoms with Gasteiger partial charge in [0.05, 0.1) is 5.69 Å². The Kier molecular flexibility index (Phi) is 4.76. The molecule has 1 atom stereocenters. The fourth-order valence-corrected chi connectivity index (χ4v) is 4.20. The van der Waals surface area contributed by atoms with Crippen LogP contribution in [0.3, 0.4) is 0 Å². The molecule has 5 nitrogen and oxygen atoms in total. The van der Waals surface area contributed by atoms with Gasteiger partial charge in [0, 0.05) is 18.8 Å². The van der Waals surface area contributed by atoms with Crippen molar-refractivity contribution in [2.45, 2.75) is 37.6 Å². The molecule has 1 saturated carbocycles. The van der Waals surface area contributed by atoms with E-state index >= 15 is 0 Å². The van der Waals surface area contributed by atoms with Gasteiger partial charge in [0.15, 0.2) is 0 Å². The molecule has 1 fully saturated rings. The number of aromatic nitrogens is 1. The molecule has 0 radical (unpaired) electrons. The molecule has 0 unspecified atom stereocenters. The van der Waals surface area contributed by atoms with E-state index in [2.05, 4.69) is 17.2 Å². The third kappa shape index (κ3) is 3.53. The number of benzene rings is 1. The van der Waals surface area contributed by atoms with Crippen molar-refractivity contribution in [1.82, 2.24) is 4.98 Å². The second-order valence-electron chi connectivity index (χ2n) is 6.15. The van der Waals surface area contributed by atoms with E-state index in [1.807, 2.05) is 25.1 Å². The average Bonchev–Trinajstić information content (AvgIpc) is 3.42. The SMILES string of the molecule is CCN(c1ccccc1)S(=O)(=O)c1ccc(N[C@H](C)C2CC2)nc1. The summed E-state index contributed by atoms with van der Waals surface area (Å²) in [6, 6.07) is 12.9. The number of rotatable bonds is 7. The predicted molar refractivity (Wildman–Crippen MR) is 96.7 cm³/mol. The van der Waals surface area contributed by atoms with Crippen molar-refractivity contribution < 1.29 is 8.42 Å². The molecule has 6 heteroatoms. The number of hydrogen-bond donors (Lipinski definition) is 1. The maximum Gasteiger partial charge on any atom is 0.265 e. The lowest BCUT2D eigenvalue weighted by atomic mass is 10.2. The van der Waals surface area contributed by atoms with Gasteiger partial charge in [0.25, 0.3) is 10.0 Å². The van der Waals surface area contributed by atoms with Crippen LogP contribution in [0.1, 0.15) is 26.7 Å². The van der Waals surface area contributed by atoms with E-state index in [1.54, 1.807) is 24.3 Å². The molecule has 2 aromatic rings. The molecule has 128 valence electrons. The third-order valence-electron chi connectivity index (χ3n) is 4.36. The standard InChI is InChI=1S/C18H23N3O2S/c1-3-21(16-7-5-4-6-8-16)24(22,23)17-11-12-18(19-13-17)20-14(2)15-9-10-15/h4-8,11-15H,3,9-10H2,1-2H3,(H,19,20)/t14-/m1/s1. The summed E-state index contributed by atoms with van der Waals surface area (Å²) in [5.74, 6) is 1.43. The number of nitrogens with one attached hydrogen (secondary N) is 1. The largest absolute Gasteiger partial charge is 0.367 e. The quantitative estimate of drug-likeness (QED) is 0.834. The van der Waals surface area contributed by atoms with E-state index in [0.717, 1.165) is 5.82 Å². The fourth-order valence-electron chi connectivity index (χ4n) is 2.78. The summed E-state index contributed by atoms with van der Waals surface area (Å²) >= 11 is 0. The van der Waals surface area contributed by atoms with Gasteiger partial charge in [0.1, 0.15) is 10.7 Å². The Hall–Kier alpha value is -2.08. The Balaban J connectivity index is 1.80. The molecule has 1 aliphatic rings. The molecule has 1 heterocycles. The smallest absolute Gasteiger partial charge is 0.265 e. The molecule has 3 rings (SSSR count). The number of para-hydroxylation sites is 1. The number of anilines is 2. The van der Waals surface area contributed by atoms with Crippen molar-refractivity contribution in [3.05, 3.63) is 48.7 Å². The topological polar surface area (TPSA) is 62.3 Å². The molecule has 0 saturated heterocycles. The maximum absolute atomic E-state index is 12.9. The first-order valence-corrected chi connectivity index (χ1v) is 9.76. The normalized spacial score (nSPS) is 15.8. The Labute approximate surface area is 143 Å². The summed E-state index contributed by atoms with van der Waals surface area (Å²) in [7, 11) is -3.61. The molecule has 1 N–H and O–H groups in total. The van der Waals surface area contributed by atoms with Crippen LogP contribution in [-0.4, -0.2) is 26.0 Å². The fraction of sp³-hybridized carbons (Fsp3) is 0.389. The molecule has 0 aliphatic heterocycles. The Bertz CT molecular complexity index is 772. The molecular formula is C18H23N3O2S. The highest BCUT2D eigenvalue weighted by molar-refractivity contribution is 7.92. The van der Waals surface area contributed by atoms with Crippen LogP contribution in [0.2, 0.25) is 0 Å². The summed E-state index contributed by atoms with van der Waals surface area (Å²) in [6.45, 7) is 4.33. The minimum absolute atomic E-state index is 0.206. The summed E-state index contributed by atoms with van der Waals surface area (Å²) in [6.07, 6.45) is 3.94. The molecular weight excluding hydrogens is 322 g/mol. The van der Waals surface area contributed by atoms with Gasteiger partial charge in [-0.3, -0.25) is 4.31 Å². The lowest BCUT2D eigenvalue weighted by Crippen LogP contribution is -2.30. The maximum atomic E-state index is 12.9. The molecule has 0 bridgehead atoms. The van der Waals surface area contributed by atoms with Crippen LogP contribution in [0, 0.1) is 5.92 Å². The number of hydrogen-bond acceptors (Lipinski definition) is 4. The van der Waals surface area contributed by atoms with Crippen molar-refractivity contribution >= 4 is 21.5 Å². The first kappa shape index (κ1) is 16.8. The van der Waals surface area contributed by atoms with Crippen LogP contribution in [0.4, 0.5) is 11.5 Å². The van der Waals surface area contributed by atoms with Gasteiger partial charge in [0.2, 0.25) is 0 Å². The second-order valence-corrected chi connectivity index (χ2v) is 8.02. The van der Waals surface area contributed by atoms with Crippen molar-refractivity contribution in [3.63, 3.8) is 0 Å². The Morgan fingerprint density at radius 3 is 2.46 bits per heavy atom. The van der Waals surface area contributed by atoms with Crippen molar-refractivity contribution in [3.8, 4) is 0 Å². The van der Waals surface area contributed by atoms with Gasteiger partial charge in [-0.15, -0.1) is 0 Å². The lowest BCUT2D eigenvalue weighted by Gasteiger charge is -2.23. The van der Waals surface area contributed by atoms with Crippen molar-refractivity contribution in [1.29, 1.82) is 0 Å². The first-order chi connectivity index (χ1) is 11.5. The zero-order valence-corrected chi connectivity index (χ0v) is 14.8. The molecule has 0 amide bonds. The third-order valence-corrected chi connectivity index (χ3v) is 6.25. The predicted octanol–water partition coefficient (Wildman–Crippen LogP) is 3.51. The van der Waals surface area contributed by atoms with Gasteiger partial charge in [-0.1, -0.05) is 18.2 Å². The van der Waals surface area contributed by atoms with Crippen LogP contribution >= 0.6 is 0 Å². The number of nitrogens with zero attached hydrogens (tertiary/aromatic N) is 2. The van der Waals surface area contributed by atoms with E-state index < -0.39 is 10.0 Å². The average molecular weight is 345 g/mol. The Morgan fingerprint density at radius 1 is 1.21 bits per heavy atom. The van der Waals surface area contributed by atoms with Crippen LogP contribution in [0.15, 0.2) is 53.6 Å². The Morgan fingerprint density at radius 2 is 1.92 bits per heavy atom. The molecule has 1 aromatic carbocycles. The van der Waals surface area contributed by atoms with Gasteiger partial charge in [-0.05, 0) is 56.9 Å².